The number of aliphatic imine (C=N–C) groups is 1. The molecule has 0 saturated carbocycles. The third kappa shape index (κ3) is 8.81. The maximum absolute atomic E-state index is 12.5. The highest BCUT2D eigenvalue weighted by Crippen LogP contribution is 2.42. The standard InChI is InChI=1S/C34H39N7O5/c1-33(2,3)46-30(42)24(19-35)17-28-34(4,5)26-18-25(11-12-27(26)39-28)41(6)15-16-44-32(43)38-20-22-7-9-23(10-8-22)21-45-31-37-14-13-29(36)40-31/h7-14,17-18H,15-16,20-21H2,1-6H3,(H,38,43)(H2,36,37,40)/b24-17+. The Labute approximate surface area is 268 Å². The number of nitrogens with two attached hydrogens (primary N) is 1. The topological polar surface area (TPSA) is 165 Å². The first-order valence-electron chi connectivity index (χ1n) is 14.7. The van der Waals surface area contributed by atoms with Crippen LogP contribution in [-0.4, -0.2) is 53.5 Å². The van der Waals surface area contributed by atoms with Gasteiger partial charge in [0.15, 0.2) is 0 Å². The smallest absolute Gasteiger partial charge is 0.407 e. The Bertz CT molecular complexity index is 1690. The molecule has 0 spiro atoms. The summed E-state index contributed by atoms with van der Waals surface area (Å²) >= 11 is 0. The second kappa shape index (κ2) is 14.1. The molecule has 46 heavy (non-hydrogen) atoms. The molecular weight excluding hydrogens is 586 g/mol. The average molecular weight is 626 g/mol. The number of nitrogen functional groups attached to an aromatic ring is 1. The fourth-order valence-corrected chi connectivity index (χ4v) is 4.54. The fraction of sp³-hybridized carbons (Fsp3) is 0.353. The van der Waals surface area contributed by atoms with E-state index in [4.69, 9.17) is 24.9 Å². The minimum atomic E-state index is -0.717. The van der Waals surface area contributed by atoms with Gasteiger partial charge in [-0.05, 0) is 67.8 Å². The van der Waals surface area contributed by atoms with Crippen molar-refractivity contribution < 1.29 is 23.8 Å². The van der Waals surface area contributed by atoms with Crippen LogP contribution in [0.3, 0.4) is 0 Å². The van der Waals surface area contributed by atoms with Gasteiger partial charge in [-0.2, -0.15) is 10.2 Å². The molecule has 1 aliphatic rings. The monoisotopic (exact) mass is 625 g/mol. The van der Waals surface area contributed by atoms with E-state index in [1.54, 1.807) is 26.8 Å². The van der Waals surface area contributed by atoms with Gasteiger partial charge in [-0.1, -0.05) is 38.1 Å². The summed E-state index contributed by atoms with van der Waals surface area (Å²) in [5, 5.41) is 12.4. The largest absolute Gasteiger partial charge is 0.459 e. The fourth-order valence-electron chi connectivity index (χ4n) is 4.54. The minimum Gasteiger partial charge on any atom is -0.459 e. The summed E-state index contributed by atoms with van der Waals surface area (Å²) in [5.74, 6) is -0.343. The first kappa shape index (κ1) is 33.5. The van der Waals surface area contributed by atoms with Crippen LogP contribution in [0.1, 0.15) is 51.3 Å². The van der Waals surface area contributed by atoms with Gasteiger partial charge in [0.2, 0.25) is 0 Å². The van der Waals surface area contributed by atoms with Crippen molar-refractivity contribution in [3.05, 3.63) is 83.1 Å². The highest BCUT2D eigenvalue weighted by Gasteiger charge is 2.35. The Morgan fingerprint density at radius 2 is 1.83 bits per heavy atom. The first-order chi connectivity index (χ1) is 21.7. The zero-order valence-electron chi connectivity index (χ0n) is 27.0. The van der Waals surface area contributed by atoms with Crippen LogP contribution in [0.25, 0.3) is 0 Å². The lowest BCUT2D eigenvalue weighted by Crippen LogP contribution is -2.29. The van der Waals surface area contributed by atoms with Crippen LogP contribution >= 0.6 is 0 Å². The highest BCUT2D eigenvalue weighted by atomic mass is 16.6. The molecule has 4 rings (SSSR count). The summed E-state index contributed by atoms with van der Waals surface area (Å²) in [6.45, 7) is 10.5. The lowest BCUT2D eigenvalue weighted by atomic mass is 9.80. The molecule has 12 nitrogen and oxygen atoms in total. The number of rotatable bonds is 11. The molecular formula is C34H39N7O5. The van der Waals surface area contributed by atoms with Crippen molar-refractivity contribution in [3.8, 4) is 12.1 Å². The number of allylic oxidation sites excluding steroid dienone is 1. The third-order valence-corrected chi connectivity index (χ3v) is 7.14. The van der Waals surface area contributed by atoms with Crippen LogP contribution in [0.15, 0.2) is 71.4 Å². The Morgan fingerprint density at radius 3 is 2.50 bits per heavy atom. The summed E-state index contributed by atoms with van der Waals surface area (Å²) in [6, 6.07) is 17.2. The average Bonchev–Trinajstić information content (AvgIpc) is 3.25. The zero-order chi connectivity index (χ0) is 33.5. The van der Waals surface area contributed by atoms with Crippen LogP contribution in [0.2, 0.25) is 0 Å². The second-order valence-electron chi connectivity index (χ2n) is 12.3. The minimum absolute atomic E-state index is 0.102. The number of likely N-dealkylation sites (N-methyl/N-ethyl adjacent to an activating group) is 1. The molecule has 0 atom stereocenters. The number of anilines is 2. The number of esters is 1. The molecule has 0 radical (unpaired) electrons. The number of benzene rings is 2. The normalized spacial score (nSPS) is 13.6. The number of fused-ring (bicyclic) bond motifs is 1. The molecule has 0 unspecified atom stereocenters. The van der Waals surface area contributed by atoms with E-state index in [0.717, 1.165) is 28.1 Å². The number of nitrogens with zero attached hydrogens (tertiary/aromatic N) is 5. The SMILES string of the molecule is CN(CCOC(=O)NCc1ccc(COc2nccc(N)n2)cc1)c1ccc2c(c1)C(C)(C)C(/C=C(\C#N)C(=O)OC(C)(C)C)=N2. The summed E-state index contributed by atoms with van der Waals surface area (Å²) < 4.78 is 16.3. The number of amides is 1. The van der Waals surface area contributed by atoms with Gasteiger partial charge < -0.3 is 30.2 Å². The van der Waals surface area contributed by atoms with E-state index in [9.17, 15) is 14.9 Å². The van der Waals surface area contributed by atoms with Gasteiger partial charge in [0, 0.05) is 30.9 Å². The second-order valence-corrected chi connectivity index (χ2v) is 12.3. The summed E-state index contributed by atoms with van der Waals surface area (Å²) in [5.41, 5.74) is 9.33. The number of aromatic nitrogens is 2. The van der Waals surface area contributed by atoms with Crippen LogP contribution < -0.4 is 20.7 Å². The summed E-state index contributed by atoms with van der Waals surface area (Å²) in [7, 11) is 1.91. The van der Waals surface area contributed by atoms with Gasteiger partial charge in [-0.15, -0.1) is 0 Å². The summed E-state index contributed by atoms with van der Waals surface area (Å²) in [6.07, 6.45) is 2.52. The van der Waals surface area contributed by atoms with E-state index < -0.39 is 23.1 Å². The number of nitrogens with one attached hydrogen (secondary N) is 1. The van der Waals surface area contributed by atoms with Crippen molar-refractivity contribution in [1.29, 1.82) is 5.26 Å². The van der Waals surface area contributed by atoms with Crippen molar-refractivity contribution in [2.24, 2.45) is 4.99 Å². The Hall–Kier alpha value is -5.44. The van der Waals surface area contributed by atoms with E-state index >= 15 is 0 Å². The number of carbonyl (C=O) groups excluding carboxylic acids is 2. The van der Waals surface area contributed by atoms with Crippen LogP contribution in [0.4, 0.5) is 22.0 Å². The Kier molecular flexibility index (Phi) is 10.3. The Balaban J connectivity index is 1.25. The first-order valence-corrected chi connectivity index (χ1v) is 14.7. The lowest BCUT2D eigenvalue weighted by molar-refractivity contribution is -0.149. The van der Waals surface area contributed by atoms with Crippen LogP contribution in [-0.2, 0) is 32.8 Å². The predicted molar refractivity (Wildman–Crippen MR) is 175 cm³/mol. The number of alkyl carbamates (subject to hydrolysis) is 1. The number of hydrogen-bond acceptors (Lipinski definition) is 11. The van der Waals surface area contributed by atoms with E-state index in [2.05, 4.69) is 15.3 Å². The predicted octanol–water partition coefficient (Wildman–Crippen LogP) is 5.16. The summed E-state index contributed by atoms with van der Waals surface area (Å²) in [4.78, 5) is 39.6. The number of ether oxygens (including phenoxy) is 3. The highest BCUT2D eigenvalue weighted by molar-refractivity contribution is 6.12. The van der Waals surface area contributed by atoms with Gasteiger partial charge in [-0.25, -0.2) is 14.6 Å². The molecule has 2 heterocycles. The van der Waals surface area contributed by atoms with Crippen molar-refractivity contribution in [3.63, 3.8) is 0 Å². The van der Waals surface area contributed by atoms with Gasteiger partial charge in [0.1, 0.15) is 36.3 Å². The molecule has 0 aliphatic carbocycles. The molecule has 1 aliphatic heterocycles. The quantitative estimate of drug-likeness (QED) is 0.165. The molecule has 2 aromatic carbocycles. The molecule has 3 N–H and O–H groups in total. The van der Waals surface area contributed by atoms with E-state index in [0.29, 0.717) is 24.6 Å². The molecule has 0 bridgehead atoms. The number of nitriles is 1. The van der Waals surface area contributed by atoms with Crippen molar-refractivity contribution in [1.82, 2.24) is 15.3 Å². The van der Waals surface area contributed by atoms with E-state index in [1.165, 1.54) is 12.3 Å². The lowest BCUT2D eigenvalue weighted by Gasteiger charge is -2.24. The van der Waals surface area contributed by atoms with Crippen molar-refractivity contribution in [2.75, 3.05) is 30.8 Å². The third-order valence-electron chi connectivity index (χ3n) is 7.14. The van der Waals surface area contributed by atoms with Gasteiger partial charge in [-0.3, -0.25) is 4.99 Å². The van der Waals surface area contributed by atoms with Crippen LogP contribution in [0.5, 0.6) is 6.01 Å². The van der Waals surface area contributed by atoms with E-state index in [1.807, 2.05) is 74.3 Å². The molecule has 1 amide bonds. The van der Waals surface area contributed by atoms with E-state index in [-0.39, 0.29) is 24.8 Å². The zero-order valence-corrected chi connectivity index (χ0v) is 27.0. The van der Waals surface area contributed by atoms with Gasteiger partial charge in [0.05, 0.1) is 17.9 Å². The van der Waals surface area contributed by atoms with Crippen LogP contribution in [0, 0.1) is 11.3 Å². The molecule has 240 valence electrons. The molecule has 3 aromatic rings. The van der Waals surface area contributed by atoms with Gasteiger partial charge in [0.25, 0.3) is 0 Å². The number of hydrogen-bond donors (Lipinski definition) is 2. The van der Waals surface area contributed by atoms with Crippen molar-refractivity contribution >= 4 is 35.0 Å². The number of carbonyl (C=O) groups is 2. The van der Waals surface area contributed by atoms with Crippen molar-refractivity contribution in [2.45, 2.75) is 58.8 Å². The maximum Gasteiger partial charge on any atom is 0.407 e. The Morgan fingerprint density at radius 1 is 1.11 bits per heavy atom. The molecule has 0 fully saturated rings. The molecule has 12 heteroatoms. The maximum atomic E-state index is 12.5. The van der Waals surface area contributed by atoms with Gasteiger partial charge >= 0.3 is 18.1 Å². The molecule has 1 aromatic heterocycles. The molecule has 0 saturated heterocycles.